The first-order valence-electron chi connectivity index (χ1n) is 6.52. The zero-order valence-electron chi connectivity index (χ0n) is 10.2. The van der Waals surface area contributed by atoms with Crippen LogP contribution in [0.2, 0.25) is 0 Å². The van der Waals surface area contributed by atoms with Crippen molar-refractivity contribution in [2.75, 3.05) is 6.61 Å². The summed E-state index contributed by atoms with van der Waals surface area (Å²) in [5.41, 5.74) is 0. The normalized spacial score (nSPS) is 27.6. The molecule has 3 nitrogen and oxygen atoms in total. The van der Waals surface area contributed by atoms with Crippen LogP contribution in [0.25, 0.3) is 0 Å². The van der Waals surface area contributed by atoms with Crippen molar-refractivity contribution in [1.29, 1.82) is 0 Å². The Bertz CT molecular complexity index is 215. The second-order valence-electron chi connectivity index (χ2n) is 5.01. The van der Waals surface area contributed by atoms with Crippen molar-refractivity contribution in [2.45, 2.75) is 51.9 Å². The van der Waals surface area contributed by atoms with Gasteiger partial charge in [0.15, 0.2) is 0 Å². The summed E-state index contributed by atoms with van der Waals surface area (Å²) in [5, 5.41) is 18.0. The molecule has 1 rings (SSSR count). The summed E-state index contributed by atoms with van der Waals surface area (Å²) in [6.07, 6.45) is 6.98. The Morgan fingerprint density at radius 3 is 2.75 bits per heavy atom. The van der Waals surface area contributed by atoms with Crippen LogP contribution in [0.15, 0.2) is 0 Å². The largest absolute Gasteiger partial charge is 0.481 e. The molecule has 1 aliphatic carbocycles. The summed E-state index contributed by atoms with van der Waals surface area (Å²) < 4.78 is 0. The smallest absolute Gasteiger partial charge is 0.306 e. The van der Waals surface area contributed by atoms with E-state index in [2.05, 4.69) is 6.92 Å². The first-order chi connectivity index (χ1) is 7.69. The zero-order chi connectivity index (χ0) is 12.0. The van der Waals surface area contributed by atoms with E-state index in [0.717, 1.165) is 18.8 Å². The van der Waals surface area contributed by atoms with Crippen LogP contribution in [0.5, 0.6) is 0 Å². The monoisotopic (exact) mass is 228 g/mol. The Labute approximate surface area is 97.9 Å². The molecule has 0 aromatic heterocycles. The van der Waals surface area contributed by atoms with Gasteiger partial charge in [-0.2, -0.15) is 0 Å². The molecule has 94 valence electrons. The third-order valence-corrected chi connectivity index (χ3v) is 3.96. The molecule has 0 spiro atoms. The van der Waals surface area contributed by atoms with Gasteiger partial charge in [-0.3, -0.25) is 4.79 Å². The molecule has 0 saturated heterocycles. The highest BCUT2D eigenvalue weighted by Crippen LogP contribution is 2.37. The van der Waals surface area contributed by atoms with Crippen LogP contribution in [0, 0.1) is 17.8 Å². The summed E-state index contributed by atoms with van der Waals surface area (Å²) in [6.45, 7) is 2.30. The van der Waals surface area contributed by atoms with Crippen molar-refractivity contribution in [2.24, 2.45) is 17.8 Å². The van der Waals surface area contributed by atoms with Gasteiger partial charge >= 0.3 is 5.97 Å². The van der Waals surface area contributed by atoms with Crippen molar-refractivity contribution < 1.29 is 15.0 Å². The number of hydrogen-bond donors (Lipinski definition) is 2. The first kappa shape index (κ1) is 13.5. The average molecular weight is 228 g/mol. The Hall–Kier alpha value is -0.570. The third-order valence-electron chi connectivity index (χ3n) is 3.96. The van der Waals surface area contributed by atoms with Crippen LogP contribution in [0.1, 0.15) is 51.9 Å². The number of carboxylic acid groups (broad SMARTS) is 1. The molecular weight excluding hydrogens is 204 g/mol. The minimum atomic E-state index is -0.671. The van der Waals surface area contributed by atoms with Crippen LogP contribution in [-0.2, 0) is 4.79 Å². The number of aliphatic hydroxyl groups excluding tert-OH is 1. The van der Waals surface area contributed by atoms with E-state index in [0.29, 0.717) is 18.8 Å². The Balaban J connectivity index is 2.52. The van der Waals surface area contributed by atoms with Crippen LogP contribution in [0.4, 0.5) is 0 Å². The zero-order valence-corrected chi connectivity index (χ0v) is 10.2. The summed E-state index contributed by atoms with van der Waals surface area (Å²) in [7, 11) is 0. The van der Waals surface area contributed by atoms with E-state index >= 15 is 0 Å². The highest BCUT2D eigenvalue weighted by Gasteiger charge is 2.31. The first-order valence-corrected chi connectivity index (χ1v) is 6.52. The average Bonchev–Trinajstić information content (AvgIpc) is 2.29. The fraction of sp³-hybridized carbons (Fsp3) is 0.923. The van der Waals surface area contributed by atoms with Gasteiger partial charge in [-0.05, 0) is 37.5 Å². The molecular formula is C13H24O3. The molecule has 1 aliphatic rings. The molecule has 0 bridgehead atoms. The molecule has 0 aromatic carbocycles. The van der Waals surface area contributed by atoms with Crippen LogP contribution in [0.3, 0.4) is 0 Å². The van der Waals surface area contributed by atoms with Gasteiger partial charge in [0.25, 0.3) is 0 Å². The van der Waals surface area contributed by atoms with Crippen molar-refractivity contribution in [3.05, 3.63) is 0 Å². The summed E-state index contributed by atoms with van der Waals surface area (Å²) in [4.78, 5) is 11.2. The van der Waals surface area contributed by atoms with Gasteiger partial charge in [0.2, 0.25) is 0 Å². The maximum Gasteiger partial charge on any atom is 0.306 e. The van der Waals surface area contributed by atoms with Gasteiger partial charge in [-0.15, -0.1) is 0 Å². The molecule has 0 heterocycles. The summed E-state index contributed by atoms with van der Waals surface area (Å²) in [5.74, 6) is 0.147. The van der Waals surface area contributed by atoms with E-state index in [-0.39, 0.29) is 12.5 Å². The highest BCUT2D eigenvalue weighted by atomic mass is 16.4. The van der Waals surface area contributed by atoms with E-state index in [1.54, 1.807) is 0 Å². The lowest BCUT2D eigenvalue weighted by Crippen LogP contribution is -2.28. The molecule has 0 amide bonds. The molecule has 3 heteroatoms. The topological polar surface area (TPSA) is 57.5 Å². The van der Waals surface area contributed by atoms with E-state index in [1.165, 1.54) is 19.3 Å². The van der Waals surface area contributed by atoms with E-state index in [4.69, 9.17) is 5.11 Å². The lowest BCUT2D eigenvalue weighted by molar-refractivity contribution is -0.144. The number of aliphatic carboxylic acids is 1. The highest BCUT2D eigenvalue weighted by molar-refractivity contribution is 5.70. The second-order valence-corrected chi connectivity index (χ2v) is 5.01. The summed E-state index contributed by atoms with van der Waals surface area (Å²) >= 11 is 0. The minimum absolute atomic E-state index is 0.105. The minimum Gasteiger partial charge on any atom is -0.481 e. The van der Waals surface area contributed by atoms with Gasteiger partial charge in [0, 0.05) is 6.61 Å². The maximum atomic E-state index is 11.2. The predicted octanol–water partition coefficient (Wildman–Crippen LogP) is 2.68. The van der Waals surface area contributed by atoms with Crippen molar-refractivity contribution >= 4 is 5.97 Å². The lowest BCUT2D eigenvalue weighted by atomic mass is 9.73. The number of carbonyl (C=O) groups is 1. The number of aliphatic hydroxyl groups is 1. The molecule has 0 aliphatic heterocycles. The maximum absolute atomic E-state index is 11.2. The quantitative estimate of drug-likeness (QED) is 0.735. The molecule has 2 N–H and O–H groups in total. The molecule has 0 aromatic rings. The molecule has 3 unspecified atom stereocenters. The van der Waals surface area contributed by atoms with Crippen molar-refractivity contribution in [1.82, 2.24) is 0 Å². The SMILES string of the molecule is CCC1CCCC(C(CCCO)C(=O)O)C1. The van der Waals surface area contributed by atoms with Crippen molar-refractivity contribution in [3.63, 3.8) is 0 Å². The predicted molar refractivity (Wildman–Crippen MR) is 63.2 cm³/mol. The molecule has 3 atom stereocenters. The fourth-order valence-electron chi connectivity index (χ4n) is 2.94. The summed E-state index contributed by atoms with van der Waals surface area (Å²) in [6, 6.07) is 0. The van der Waals surface area contributed by atoms with E-state index in [9.17, 15) is 9.90 Å². The third kappa shape index (κ3) is 3.78. The molecule has 0 radical (unpaired) electrons. The standard InChI is InChI=1S/C13H24O3/c1-2-10-5-3-6-11(9-10)12(13(15)16)7-4-8-14/h10-12,14H,2-9H2,1H3,(H,15,16). The van der Waals surface area contributed by atoms with E-state index in [1.807, 2.05) is 0 Å². The van der Waals surface area contributed by atoms with Gasteiger partial charge in [0.1, 0.15) is 0 Å². The van der Waals surface area contributed by atoms with Crippen LogP contribution < -0.4 is 0 Å². The van der Waals surface area contributed by atoms with Gasteiger partial charge in [-0.25, -0.2) is 0 Å². The number of carboxylic acids is 1. The van der Waals surface area contributed by atoms with E-state index < -0.39 is 5.97 Å². The fourth-order valence-corrected chi connectivity index (χ4v) is 2.94. The lowest BCUT2D eigenvalue weighted by Gasteiger charge is -2.32. The van der Waals surface area contributed by atoms with Crippen molar-refractivity contribution in [3.8, 4) is 0 Å². The molecule has 1 fully saturated rings. The number of hydrogen-bond acceptors (Lipinski definition) is 2. The van der Waals surface area contributed by atoms with Gasteiger partial charge < -0.3 is 10.2 Å². The van der Waals surface area contributed by atoms with Crippen LogP contribution >= 0.6 is 0 Å². The Morgan fingerprint density at radius 1 is 1.44 bits per heavy atom. The van der Waals surface area contributed by atoms with Gasteiger partial charge in [0.05, 0.1) is 5.92 Å². The Morgan fingerprint density at radius 2 is 2.19 bits per heavy atom. The van der Waals surface area contributed by atoms with Gasteiger partial charge in [-0.1, -0.05) is 26.2 Å². The second kappa shape index (κ2) is 6.89. The molecule has 16 heavy (non-hydrogen) atoms. The molecule has 1 saturated carbocycles. The van der Waals surface area contributed by atoms with Crippen LogP contribution in [-0.4, -0.2) is 22.8 Å². The number of rotatable bonds is 6. The Kier molecular flexibility index (Phi) is 5.81.